The first-order valence-corrected chi connectivity index (χ1v) is 4.00. The SMILES string of the molecule is CCOC(=O)c1cncc(Cl)c1F. The van der Waals surface area contributed by atoms with E-state index >= 15 is 0 Å². The van der Waals surface area contributed by atoms with Gasteiger partial charge in [-0.3, -0.25) is 4.98 Å². The van der Waals surface area contributed by atoms with Crippen molar-refractivity contribution in [3.05, 3.63) is 28.8 Å². The quantitative estimate of drug-likeness (QED) is 0.691. The van der Waals surface area contributed by atoms with E-state index in [-0.39, 0.29) is 17.2 Å². The molecule has 0 aromatic carbocycles. The molecule has 5 heteroatoms. The second-order valence-electron chi connectivity index (χ2n) is 2.20. The minimum absolute atomic E-state index is 0.185. The van der Waals surface area contributed by atoms with Crippen LogP contribution in [0.5, 0.6) is 0 Å². The number of halogens is 2. The maximum absolute atomic E-state index is 13.1. The lowest BCUT2D eigenvalue weighted by Crippen LogP contribution is -2.07. The van der Waals surface area contributed by atoms with Crippen molar-refractivity contribution in [1.29, 1.82) is 0 Å². The van der Waals surface area contributed by atoms with E-state index in [2.05, 4.69) is 9.72 Å². The molecule has 1 rings (SSSR count). The highest BCUT2D eigenvalue weighted by Gasteiger charge is 2.15. The van der Waals surface area contributed by atoms with Gasteiger partial charge in [0.05, 0.1) is 11.6 Å². The van der Waals surface area contributed by atoms with Gasteiger partial charge in [-0.25, -0.2) is 9.18 Å². The van der Waals surface area contributed by atoms with Crippen molar-refractivity contribution in [2.75, 3.05) is 6.61 Å². The summed E-state index contributed by atoms with van der Waals surface area (Å²) < 4.78 is 17.7. The van der Waals surface area contributed by atoms with Gasteiger partial charge in [-0.1, -0.05) is 11.6 Å². The molecule has 13 heavy (non-hydrogen) atoms. The van der Waals surface area contributed by atoms with Crippen molar-refractivity contribution in [1.82, 2.24) is 4.98 Å². The zero-order chi connectivity index (χ0) is 9.84. The molecule has 70 valence electrons. The van der Waals surface area contributed by atoms with Crippen LogP contribution in [0.2, 0.25) is 5.02 Å². The molecule has 0 saturated carbocycles. The zero-order valence-electron chi connectivity index (χ0n) is 6.88. The summed E-state index contributed by atoms with van der Waals surface area (Å²) in [6.45, 7) is 1.82. The van der Waals surface area contributed by atoms with Crippen LogP contribution in [0.3, 0.4) is 0 Å². The van der Waals surface area contributed by atoms with Crippen LogP contribution < -0.4 is 0 Å². The summed E-state index contributed by atoms with van der Waals surface area (Å²) in [5.74, 6) is -1.55. The maximum atomic E-state index is 13.1. The zero-order valence-corrected chi connectivity index (χ0v) is 7.64. The molecule has 0 saturated heterocycles. The lowest BCUT2D eigenvalue weighted by Gasteiger charge is -2.02. The van der Waals surface area contributed by atoms with Gasteiger partial charge in [-0.05, 0) is 6.92 Å². The Morgan fingerprint density at radius 1 is 1.69 bits per heavy atom. The Balaban J connectivity index is 3.01. The van der Waals surface area contributed by atoms with Crippen LogP contribution in [0.1, 0.15) is 17.3 Å². The highest BCUT2D eigenvalue weighted by atomic mass is 35.5. The van der Waals surface area contributed by atoms with E-state index in [4.69, 9.17) is 11.6 Å². The fourth-order valence-electron chi connectivity index (χ4n) is 0.770. The standard InChI is InChI=1S/C8H7ClFNO2/c1-2-13-8(12)5-3-11-4-6(9)7(5)10/h3-4H,2H2,1H3. The summed E-state index contributed by atoms with van der Waals surface area (Å²) in [6.07, 6.45) is 2.21. The molecule has 0 radical (unpaired) electrons. The van der Waals surface area contributed by atoms with E-state index in [0.29, 0.717) is 0 Å². The number of esters is 1. The molecule has 1 heterocycles. The Bertz CT molecular complexity index is 330. The number of nitrogens with zero attached hydrogens (tertiary/aromatic N) is 1. The van der Waals surface area contributed by atoms with E-state index in [0.717, 1.165) is 12.4 Å². The van der Waals surface area contributed by atoms with E-state index < -0.39 is 11.8 Å². The smallest absolute Gasteiger partial charge is 0.342 e. The summed E-state index contributed by atoms with van der Waals surface area (Å²) in [4.78, 5) is 14.6. The molecule has 1 aromatic heterocycles. The Kier molecular flexibility index (Phi) is 3.19. The summed E-state index contributed by atoms with van der Waals surface area (Å²) in [6, 6.07) is 0. The Morgan fingerprint density at radius 2 is 2.38 bits per heavy atom. The van der Waals surface area contributed by atoms with Crippen LogP contribution in [0, 0.1) is 5.82 Å². The minimum Gasteiger partial charge on any atom is -0.462 e. The molecule has 0 aliphatic heterocycles. The van der Waals surface area contributed by atoms with Gasteiger partial charge >= 0.3 is 5.97 Å². The van der Waals surface area contributed by atoms with Gasteiger partial charge < -0.3 is 4.74 Å². The molecular formula is C8H7ClFNO2. The van der Waals surface area contributed by atoms with Crippen LogP contribution >= 0.6 is 11.6 Å². The Morgan fingerprint density at radius 3 is 3.00 bits per heavy atom. The van der Waals surface area contributed by atoms with E-state index in [9.17, 15) is 9.18 Å². The van der Waals surface area contributed by atoms with Crippen LogP contribution in [0.15, 0.2) is 12.4 Å². The predicted molar refractivity (Wildman–Crippen MR) is 45.2 cm³/mol. The maximum Gasteiger partial charge on any atom is 0.342 e. The van der Waals surface area contributed by atoms with Crippen molar-refractivity contribution in [3.63, 3.8) is 0 Å². The fourth-order valence-corrected chi connectivity index (χ4v) is 0.929. The lowest BCUT2D eigenvalue weighted by molar-refractivity contribution is 0.0520. The average Bonchev–Trinajstić information content (AvgIpc) is 2.10. The molecule has 0 amide bonds. The molecule has 0 N–H and O–H groups in total. The molecule has 0 aliphatic carbocycles. The predicted octanol–water partition coefficient (Wildman–Crippen LogP) is 2.05. The van der Waals surface area contributed by atoms with Gasteiger partial charge in [0.25, 0.3) is 0 Å². The van der Waals surface area contributed by atoms with E-state index in [1.54, 1.807) is 6.92 Å². The van der Waals surface area contributed by atoms with Gasteiger partial charge in [0.2, 0.25) is 0 Å². The van der Waals surface area contributed by atoms with Crippen molar-refractivity contribution in [3.8, 4) is 0 Å². The number of carbonyl (C=O) groups excluding carboxylic acids is 1. The number of ether oxygens (including phenoxy) is 1. The van der Waals surface area contributed by atoms with Crippen LogP contribution in [0.25, 0.3) is 0 Å². The molecule has 0 aliphatic rings. The molecule has 0 unspecified atom stereocenters. The van der Waals surface area contributed by atoms with Crippen LogP contribution in [0.4, 0.5) is 4.39 Å². The molecule has 0 spiro atoms. The molecular weight excluding hydrogens is 197 g/mol. The molecule has 0 bridgehead atoms. The molecule has 0 fully saturated rings. The van der Waals surface area contributed by atoms with Gasteiger partial charge in [-0.15, -0.1) is 0 Å². The topological polar surface area (TPSA) is 39.2 Å². The van der Waals surface area contributed by atoms with Crippen molar-refractivity contribution in [2.45, 2.75) is 6.92 Å². The molecule has 1 aromatic rings. The summed E-state index contributed by atoms with van der Waals surface area (Å²) >= 11 is 5.41. The normalized spacial score (nSPS) is 9.77. The summed E-state index contributed by atoms with van der Waals surface area (Å²) in [7, 11) is 0. The monoisotopic (exact) mass is 203 g/mol. The molecule has 0 atom stereocenters. The number of hydrogen-bond donors (Lipinski definition) is 0. The van der Waals surface area contributed by atoms with Gasteiger partial charge in [0.1, 0.15) is 5.56 Å². The first-order valence-electron chi connectivity index (χ1n) is 3.63. The van der Waals surface area contributed by atoms with E-state index in [1.165, 1.54) is 0 Å². The highest BCUT2D eigenvalue weighted by molar-refractivity contribution is 6.30. The van der Waals surface area contributed by atoms with Gasteiger partial charge in [0, 0.05) is 12.4 Å². The lowest BCUT2D eigenvalue weighted by atomic mass is 10.3. The number of pyridine rings is 1. The first-order chi connectivity index (χ1) is 6.16. The first kappa shape index (κ1) is 9.92. The van der Waals surface area contributed by atoms with Crippen molar-refractivity contribution >= 4 is 17.6 Å². The third-order valence-electron chi connectivity index (χ3n) is 1.33. The van der Waals surface area contributed by atoms with E-state index in [1.807, 2.05) is 0 Å². The third kappa shape index (κ3) is 2.15. The number of carbonyl (C=O) groups is 1. The number of aromatic nitrogens is 1. The summed E-state index contributed by atoms with van der Waals surface area (Å²) in [5.41, 5.74) is -0.241. The molecule has 3 nitrogen and oxygen atoms in total. The average molecular weight is 204 g/mol. The Labute approximate surface area is 79.5 Å². The largest absolute Gasteiger partial charge is 0.462 e. The third-order valence-corrected chi connectivity index (χ3v) is 1.60. The highest BCUT2D eigenvalue weighted by Crippen LogP contribution is 2.16. The second-order valence-corrected chi connectivity index (χ2v) is 2.61. The van der Waals surface area contributed by atoms with Crippen LogP contribution in [-0.2, 0) is 4.74 Å². The number of rotatable bonds is 2. The van der Waals surface area contributed by atoms with Crippen molar-refractivity contribution in [2.24, 2.45) is 0 Å². The second kappa shape index (κ2) is 4.18. The van der Waals surface area contributed by atoms with Crippen LogP contribution in [-0.4, -0.2) is 17.6 Å². The van der Waals surface area contributed by atoms with Gasteiger partial charge in [-0.2, -0.15) is 0 Å². The van der Waals surface area contributed by atoms with Gasteiger partial charge in [0.15, 0.2) is 5.82 Å². The Hall–Kier alpha value is -1.16. The minimum atomic E-state index is -0.796. The fraction of sp³-hybridized carbons (Fsp3) is 0.250. The number of hydrogen-bond acceptors (Lipinski definition) is 3. The summed E-state index contributed by atoms with van der Waals surface area (Å²) in [5, 5.41) is -0.189. The van der Waals surface area contributed by atoms with Crippen molar-refractivity contribution < 1.29 is 13.9 Å².